The van der Waals surface area contributed by atoms with E-state index in [1.165, 1.54) is 36.4 Å². The molecule has 6 N–H and O–H groups in total. The van der Waals surface area contributed by atoms with Gasteiger partial charge < -0.3 is 35.7 Å². The van der Waals surface area contributed by atoms with Crippen LogP contribution in [0, 0.1) is 6.07 Å². The van der Waals surface area contributed by atoms with Gasteiger partial charge in [0.2, 0.25) is 27.4 Å². The van der Waals surface area contributed by atoms with Crippen molar-refractivity contribution in [1.29, 1.82) is 0 Å². The number of azo groups is 2. The number of nitrogen functional groups attached to an aromatic ring is 1. The predicted octanol–water partition coefficient (Wildman–Crippen LogP) is 2.60. The number of fused-ring (bicyclic) bond motifs is 4. The van der Waals surface area contributed by atoms with Crippen LogP contribution < -0.4 is 105 Å². The van der Waals surface area contributed by atoms with E-state index in [1.54, 1.807) is 12.1 Å². The fraction of sp³-hybridized carbons (Fsp3) is 0. The molecule has 0 radical (unpaired) electrons. The molecule has 9 aromatic rings. The Morgan fingerprint density at radius 2 is 1.07 bits per heavy atom. The van der Waals surface area contributed by atoms with Crippen LogP contribution in [0.4, 0.5) is 50.6 Å². The third kappa shape index (κ3) is 11.7. The summed E-state index contributed by atoms with van der Waals surface area (Å²) in [6.45, 7) is 0. The molecule has 0 saturated heterocycles. The summed E-state index contributed by atoms with van der Waals surface area (Å²) in [6, 6.07) is 16.1. The number of aromatic nitrogens is 5. The maximum absolute atomic E-state index is 12.5. The maximum atomic E-state index is 12.5. The monoisotopic (exact) mass is 1130 g/mol. The number of phenolic OH excluding ortho intramolecular Hbond substituents is 2. The number of hydrogen-bond donors (Lipinski definition) is 5. The summed E-state index contributed by atoms with van der Waals surface area (Å²) in [5, 5.41) is 44.8. The van der Waals surface area contributed by atoms with Crippen LogP contribution in [0.2, 0.25) is 25.4 Å². The maximum Gasteiger partial charge on any atom is 1.00 e. The Hall–Kier alpha value is -2.90. The molecule has 0 aliphatic carbocycles. The first-order valence-corrected chi connectivity index (χ1v) is 24.0. The van der Waals surface area contributed by atoms with Crippen molar-refractivity contribution in [3.63, 3.8) is 0 Å². The Morgan fingerprint density at radius 3 is 1.59 bits per heavy atom. The number of nitrogens with zero attached hydrogens (tertiary/aromatic N) is 9. The number of nitrogens with two attached hydrogens (primary N) is 1. The number of aromatic hydroxyl groups is 2. The third-order valence-electron chi connectivity index (χ3n) is 9.14. The van der Waals surface area contributed by atoms with Crippen LogP contribution in [-0.4, -0.2) is 61.1 Å². The summed E-state index contributed by atoms with van der Waals surface area (Å²) in [6.07, 6.45) is 0. The van der Waals surface area contributed by atoms with Crippen LogP contribution in [-0.2, 0) is 20.2 Å². The van der Waals surface area contributed by atoms with Crippen molar-refractivity contribution < 1.29 is 125 Å². The minimum absolute atomic E-state index is 0. The van der Waals surface area contributed by atoms with Gasteiger partial charge in [-0.05, 0) is 59.5 Å². The molecule has 6 aromatic carbocycles. The van der Waals surface area contributed by atoms with Crippen LogP contribution in [0.1, 0.15) is 0 Å². The van der Waals surface area contributed by atoms with Crippen molar-refractivity contribution in [1.82, 2.24) is 24.9 Å². The van der Waals surface area contributed by atoms with E-state index in [2.05, 4.69) is 62.1 Å². The first kappa shape index (κ1) is 55.4. The second-order valence-electron chi connectivity index (χ2n) is 13.4. The van der Waals surface area contributed by atoms with E-state index < -0.39 is 52.9 Å². The predicted molar refractivity (Wildman–Crippen MR) is 249 cm³/mol. The van der Waals surface area contributed by atoms with Crippen molar-refractivity contribution in [2.75, 3.05) is 16.4 Å². The molecule has 32 heteroatoms. The fourth-order valence-corrected chi connectivity index (χ4v) is 10.2. The van der Waals surface area contributed by atoms with E-state index in [0.717, 1.165) is 34.8 Å². The van der Waals surface area contributed by atoms with Gasteiger partial charge in [0, 0.05) is 16.8 Å². The van der Waals surface area contributed by atoms with Crippen molar-refractivity contribution in [3.8, 4) is 11.5 Å². The number of hydrogen-bond acceptors (Lipinski definition) is 22. The Balaban J connectivity index is 0.00000261. The normalized spacial score (nSPS) is 11.9. The molecule has 334 valence electrons. The zero-order valence-electron chi connectivity index (χ0n) is 34.7. The summed E-state index contributed by atoms with van der Waals surface area (Å²) in [4.78, 5) is 19.2. The largest absolute Gasteiger partial charge is 1.00 e. The molecule has 3 aromatic heterocycles. The first-order chi connectivity index (χ1) is 31.2. The first-order valence-electron chi connectivity index (χ1n) is 17.7. The number of rotatable bonds is 10. The van der Waals surface area contributed by atoms with E-state index in [0.29, 0.717) is 20.4 Å². The van der Waals surface area contributed by atoms with Crippen molar-refractivity contribution >= 4 is 193 Å². The molecular weight excluding hydrogens is 1110 g/mol. The molecule has 0 bridgehead atoms. The van der Waals surface area contributed by atoms with Crippen molar-refractivity contribution in [2.24, 2.45) is 20.5 Å². The summed E-state index contributed by atoms with van der Waals surface area (Å²) >= 11 is 32.7. The van der Waals surface area contributed by atoms with Gasteiger partial charge in [-0.15, -0.1) is 25.8 Å². The summed E-state index contributed by atoms with van der Waals surface area (Å²) in [5.41, 5.74) is 5.81. The quantitative estimate of drug-likeness (QED) is 0.0432. The molecular formula is C37H16Cl5N12Na3O8S4. The van der Waals surface area contributed by atoms with Gasteiger partial charge in [0.15, 0.2) is 5.75 Å². The molecule has 0 saturated carbocycles. The topological polar surface area (TPSA) is 319 Å². The van der Waals surface area contributed by atoms with Gasteiger partial charge >= 0.3 is 88.7 Å². The molecule has 9 rings (SSSR count). The number of thiazole rings is 2. The van der Waals surface area contributed by atoms with Crippen LogP contribution in [0.5, 0.6) is 11.5 Å². The summed E-state index contributed by atoms with van der Waals surface area (Å²) in [5.74, 6) is -2.01. The molecule has 20 nitrogen and oxygen atoms in total. The van der Waals surface area contributed by atoms with Gasteiger partial charge in [-0.3, -0.25) is 0 Å². The molecule has 3 heterocycles. The molecule has 0 aliphatic heterocycles. The Morgan fingerprint density at radius 1 is 0.594 bits per heavy atom. The average Bonchev–Trinajstić information content (AvgIpc) is 3.81. The van der Waals surface area contributed by atoms with Gasteiger partial charge in [-0.1, -0.05) is 86.2 Å². The van der Waals surface area contributed by atoms with Gasteiger partial charge in [0.05, 0.1) is 50.3 Å². The van der Waals surface area contributed by atoms with Crippen LogP contribution in [0.3, 0.4) is 0 Å². The number of anilines is 5. The van der Waals surface area contributed by atoms with Gasteiger partial charge in [0.1, 0.15) is 37.4 Å². The molecule has 69 heavy (non-hydrogen) atoms. The Kier molecular flexibility index (Phi) is 17.4. The molecule has 0 atom stereocenters. The number of nitrogens with one attached hydrogen (secondary N) is 2. The summed E-state index contributed by atoms with van der Waals surface area (Å²) < 4.78 is 75.9. The smallest absolute Gasteiger partial charge is 0.744 e. The fourth-order valence-electron chi connectivity index (χ4n) is 6.41. The van der Waals surface area contributed by atoms with Gasteiger partial charge in [0.25, 0.3) is 0 Å². The number of benzene rings is 6. The molecule has 0 fully saturated rings. The Labute approximate surface area is 487 Å². The average molecular weight is 1130 g/mol. The van der Waals surface area contributed by atoms with Crippen molar-refractivity contribution in [2.45, 2.75) is 9.79 Å². The van der Waals surface area contributed by atoms with E-state index in [9.17, 15) is 36.2 Å². The zero-order chi connectivity index (χ0) is 47.0. The van der Waals surface area contributed by atoms with Gasteiger partial charge in [-0.25, -0.2) is 26.8 Å². The minimum atomic E-state index is -5.29. The minimum Gasteiger partial charge on any atom is -0.744 e. The van der Waals surface area contributed by atoms with E-state index in [-0.39, 0.29) is 175 Å². The molecule has 0 spiro atoms. The molecule has 0 amide bonds. The second-order valence-corrected chi connectivity index (χ2v) is 20.1. The van der Waals surface area contributed by atoms with E-state index in [4.69, 9.17) is 63.7 Å². The zero-order valence-corrected chi connectivity index (χ0v) is 47.8. The number of halogens is 5. The molecule has 0 aliphatic rings. The third-order valence-corrected chi connectivity index (χ3v) is 14.3. The molecule has 0 unspecified atom stereocenters. The van der Waals surface area contributed by atoms with Gasteiger partial charge in [-0.2, -0.15) is 33.2 Å². The van der Waals surface area contributed by atoms with Crippen LogP contribution in [0.25, 0.3) is 42.0 Å². The number of phenols is 2. The van der Waals surface area contributed by atoms with E-state index in [1.807, 2.05) is 0 Å². The van der Waals surface area contributed by atoms with Crippen molar-refractivity contribution in [3.05, 3.63) is 92.1 Å². The van der Waals surface area contributed by atoms with Crippen LogP contribution in [0.15, 0.2) is 90.9 Å². The second kappa shape index (κ2) is 21.7. The summed E-state index contributed by atoms with van der Waals surface area (Å²) in [7, 11) is -10.5. The Bertz CT molecular complexity index is 3800. The SMILES string of the molecule is Nc1cc(Nc2nc(Cl)nc(Nc3c[c-]cc4cc(S(=O)(=O)[O-])c(N=Nc5nc6cc(Cl)c(Cl)cc6s5)c(O)c34)n2)cc2cc(S(=O)(=O)[O-])c(N=Nc3nc4cc(Cl)c(Cl)cc4s3)c(O)c12.[Na+].[Na+].[Na+]. The standard InChI is InChI=1S/C37H18Cl5N12O8S4.3Na/c38-15-8-21-23(10-17(15)40)63-36(46-21)53-51-29-26(66(60,61)62)6-13-4-14(7-19(43)27(13)31(29)55)44-34-48-33(42)49-35(50-34)45-20-3-1-2-12-5-25(65(57,58)59)30(32(56)28(12)20)52-54-37-47-22-9-16(39)18(41)11-24(22)64-37;;;/h2-11,55-56H,43H2,(H,57,58,59)(H,60,61,62)(H2,44,45,48,49,50);;;/q-1;3*+1/p-2. The van der Waals surface area contributed by atoms with Crippen LogP contribution >= 0.6 is 80.7 Å². The van der Waals surface area contributed by atoms with E-state index >= 15 is 0 Å².